The summed E-state index contributed by atoms with van der Waals surface area (Å²) in [5, 5.41) is 4.28. The van der Waals surface area contributed by atoms with Crippen molar-refractivity contribution in [1.82, 2.24) is 19.5 Å². The topological polar surface area (TPSA) is 56.7 Å². The Kier molecular flexibility index (Phi) is 12.6. The number of imidazole rings is 1. The summed E-state index contributed by atoms with van der Waals surface area (Å²) < 4.78 is 18.6. The molecule has 6 aromatic carbocycles. The fourth-order valence-electron chi connectivity index (χ4n) is 8.69. The zero-order valence-electron chi connectivity index (χ0n) is 39.0. The molecular formula is C57H54GeIrN4O-2. The minimum Gasteiger partial charge on any atom is 0 e. The second kappa shape index (κ2) is 18.4. The summed E-state index contributed by atoms with van der Waals surface area (Å²) in [5.74, 6) is 7.73. The van der Waals surface area contributed by atoms with Gasteiger partial charge in [-0.25, -0.2) is 4.98 Å². The smallest absolute Gasteiger partial charge is 0 e. The van der Waals surface area contributed by atoms with Gasteiger partial charge < -0.3 is 8.98 Å². The maximum absolute atomic E-state index is 8.44. The first kappa shape index (κ1) is 43.6. The molecule has 64 heavy (non-hydrogen) atoms. The van der Waals surface area contributed by atoms with Crippen molar-refractivity contribution in [3.05, 3.63) is 175 Å². The van der Waals surface area contributed by atoms with Crippen LogP contribution >= 0.6 is 0 Å². The summed E-state index contributed by atoms with van der Waals surface area (Å²) in [4.78, 5) is 15.1. The molecule has 0 aliphatic heterocycles. The second-order valence-electron chi connectivity index (χ2n) is 18.3. The number of benzene rings is 6. The normalized spacial score (nSPS) is 12.2. The molecule has 0 aliphatic carbocycles. The Balaban J connectivity index is 0.000000232. The fourth-order valence-corrected chi connectivity index (χ4v) is 12.0. The van der Waals surface area contributed by atoms with Crippen LogP contribution in [0.25, 0.3) is 83.3 Å². The largest absolute Gasteiger partial charge is 0 e. The molecule has 7 heteroatoms. The van der Waals surface area contributed by atoms with Crippen molar-refractivity contribution in [2.45, 2.75) is 76.5 Å². The van der Waals surface area contributed by atoms with Crippen LogP contribution in [0, 0.1) is 12.1 Å². The third-order valence-corrected chi connectivity index (χ3v) is 16.2. The number of rotatable bonds is 8. The molecule has 0 saturated heterocycles. The van der Waals surface area contributed by atoms with Gasteiger partial charge in [0.25, 0.3) is 0 Å². The molecule has 0 bridgehead atoms. The average Bonchev–Trinajstić information content (AvgIpc) is 3.88. The van der Waals surface area contributed by atoms with Crippen LogP contribution in [0.4, 0.5) is 0 Å². The number of nitrogens with zero attached hydrogens (tertiary/aromatic N) is 4. The van der Waals surface area contributed by atoms with Crippen LogP contribution in [0.1, 0.15) is 77.3 Å². The first-order valence-corrected chi connectivity index (χ1v) is 29.3. The molecule has 0 fully saturated rings. The van der Waals surface area contributed by atoms with Crippen LogP contribution in [0.15, 0.2) is 150 Å². The summed E-state index contributed by atoms with van der Waals surface area (Å²) in [6.07, 6.45) is 3.97. The van der Waals surface area contributed by atoms with Crippen LogP contribution in [0.5, 0.6) is 0 Å². The van der Waals surface area contributed by atoms with Gasteiger partial charge in [-0.05, 0) is 52.3 Å². The first-order valence-electron chi connectivity index (χ1n) is 22.5. The Hall–Kier alpha value is -5.66. The SMILES string of the molecule is CC(C)c1cc(-c2ccccc2)cc(C(C)C)c1-n1c(-c2[c-]ccc3c2oc2ccccc23)nc2c3ccccc3cnc21.[2H]C(C)(C)c1cc(-c2[c-]cccc2)nc[c]1[Ge]([CH3])([CH3])[CH3].[Ir]. The molecule has 10 rings (SSSR count). The molecule has 0 N–H and O–H groups in total. The van der Waals surface area contributed by atoms with Crippen molar-refractivity contribution in [2.24, 2.45) is 0 Å². The Bertz CT molecular complexity index is 3280. The summed E-state index contributed by atoms with van der Waals surface area (Å²) in [6.45, 7) is 13.0. The Morgan fingerprint density at radius 2 is 1.31 bits per heavy atom. The van der Waals surface area contributed by atoms with Gasteiger partial charge >= 0.3 is 120 Å². The minimum atomic E-state index is -2.03. The van der Waals surface area contributed by atoms with E-state index in [0.29, 0.717) is 0 Å². The number of hydrogen-bond acceptors (Lipinski definition) is 4. The van der Waals surface area contributed by atoms with Crippen LogP contribution in [0.3, 0.4) is 0 Å². The fraction of sp³-hybridized carbons (Fsp3) is 0.211. The molecule has 0 spiro atoms. The van der Waals surface area contributed by atoms with Gasteiger partial charge in [0, 0.05) is 48.1 Å². The number of aromatic nitrogens is 4. The molecule has 0 atom stereocenters. The second-order valence-corrected chi connectivity index (χ2v) is 28.9. The van der Waals surface area contributed by atoms with E-state index >= 15 is 0 Å². The van der Waals surface area contributed by atoms with Gasteiger partial charge in [0.05, 0.1) is 11.4 Å². The number of furan rings is 1. The Morgan fingerprint density at radius 1 is 0.641 bits per heavy atom. The first-order chi connectivity index (χ1) is 30.7. The van der Waals surface area contributed by atoms with Gasteiger partial charge in [0.1, 0.15) is 11.1 Å². The molecule has 4 heterocycles. The summed E-state index contributed by atoms with van der Waals surface area (Å²) >= 11 is -2.03. The molecule has 0 unspecified atom stereocenters. The van der Waals surface area contributed by atoms with Gasteiger partial charge in [-0.15, -0.1) is 18.2 Å². The summed E-state index contributed by atoms with van der Waals surface area (Å²) in [5.41, 5.74) is 13.3. The average molecular weight is 1080 g/mol. The van der Waals surface area contributed by atoms with Gasteiger partial charge in [-0.2, -0.15) is 0 Å². The van der Waals surface area contributed by atoms with Crippen LogP contribution in [0.2, 0.25) is 17.3 Å². The quantitative estimate of drug-likeness (QED) is 0.112. The predicted molar refractivity (Wildman–Crippen MR) is 267 cm³/mol. The maximum Gasteiger partial charge on any atom is 0 e. The van der Waals surface area contributed by atoms with E-state index in [2.05, 4.69) is 152 Å². The molecule has 0 aliphatic rings. The van der Waals surface area contributed by atoms with Crippen LogP contribution in [-0.2, 0) is 20.1 Å². The van der Waals surface area contributed by atoms with E-state index in [-0.39, 0.29) is 31.9 Å². The molecule has 0 amide bonds. The zero-order chi connectivity index (χ0) is 44.9. The van der Waals surface area contributed by atoms with E-state index in [1.165, 1.54) is 26.6 Å². The van der Waals surface area contributed by atoms with Crippen molar-refractivity contribution in [2.75, 3.05) is 0 Å². The van der Waals surface area contributed by atoms with E-state index in [4.69, 9.17) is 15.8 Å². The monoisotopic (exact) mass is 1080 g/mol. The third-order valence-electron chi connectivity index (χ3n) is 11.9. The molecule has 0 saturated carbocycles. The maximum atomic E-state index is 8.44. The van der Waals surface area contributed by atoms with E-state index in [0.717, 1.165) is 77.8 Å². The van der Waals surface area contributed by atoms with Crippen molar-refractivity contribution in [3.63, 3.8) is 0 Å². The van der Waals surface area contributed by atoms with E-state index in [1.54, 1.807) is 0 Å². The number of para-hydroxylation sites is 1. The standard InChI is InChI=1S/C40H32N3O.C17H22GeN.Ir/c1-24(2)33-21-28(26-13-6-5-7-14-26)22-34(25(3)4)37(33)43-39(42-36-29-16-9-8-15-27(29)23-41-40(36)43)32-19-12-18-31-30-17-10-11-20-35(30)44-38(31)32;1-13(2)15-11-17(14-9-7-6-8-10-14)19-12-16(15)18(3,4)5;/h5-18,20-25H,1-4H3;6-9,11-13H,1-5H3;/q2*-1;/i;13D;. The van der Waals surface area contributed by atoms with Crippen LogP contribution < -0.4 is 4.40 Å². The Morgan fingerprint density at radius 3 is 1.98 bits per heavy atom. The number of fused-ring (bicyclic) bond motifs is 6. The van der Waals surface area contributed by atoms with E-state index in [1.807, 2.05) is 74.8 Å². The van der Waals surface area contributed by atoms with Gasteiger partial charge in [0.15, 0.2) is 5.65 Å². The minimum absolute atomic E-state index is 0. The van der Waals surface area contributed by atoms with Crippen molar-refractivity contribution in [1.29, 1.82) is 0 Å². The van der Waals surface area contributed by atoms with Crippen molar-refractivity contribution >= 4 is 61.5 Å². The van der Waals surface area contributed by atoms with Gasteiger partial charge in [0.2, 0.25) is 0 Å². The molecule has 323 valence electrons. The molecule has 1 radical (unpaired) electrons. The molecule has 10 aromatic rings. The van der Waals surface area contributed by atoms with Crippen molar-refractivity contribution < 1.29 is 25.9 Å². The molecular weight excluding hydrogens is 1020 g/mol. The summed E-state index contributed by atoms with van der Waals surface area (Å²) in [7, 11) is 0. The zero-order valence-corrected chi connectivity index (χ0v) is 42.5. The Labute approximate surface area is 395 Å². The van der Waals surface area contributed by atoms with Gasteiger partial charge in [-0.1, -0.05) is 111 Å². The molecule has 4 aromatic heterocycles. The van der Waals surface area contributed by atoms with E-state index < -0.39 is 19.2 Å². The van der Waals surface area contributed by atoms with Gasteiger partial charge in [-0.3, -0.25) is 4.98 Å². The van der Waals surface area contributed by atoms with E-state index in [9.17, 15) is 0 Å². The number of hydrogen-bond donors (Lipinski definition) is 0. The predicted octanol–water partition coefficient (Wildman–Crippen LogP) is 15.1. The third kappa shape index (κ3) is 8.52. The number of pyridine rings is 2. The van der Waals surface area contributed by atoms with Crippen molar-refractivity contribution in [3.8, 4) is 39.5 Å². The summed E-state index contributed by atoms with van der Waals surface area (Å²) in [6, 6.07) is 52.7. The molecule has 5 nitrogen and oxygen atoms in total. The van der Waals surface area contributed by atoms with Crippen LogP contribution in [-0.4, -0.2) is 32.8 Å².